The first kappa shape index (κ1) is 26.9. The van der Waals surface area contributed by atoms with E-state index in [1.807, 2.05) is 0 Å². The topological polar surface area (TPSA) is 81.7 Å². The van der Waals surface area contributed by atoms with E-state index in [0.29, 0.717) is 34.0 Å². The van der Waals surface area contributed by atoms with E-state index in [9.17, 15) is 22.4 Å². The Morgan fingerprint density at radius 1 is 1.06 bits per heavy atom. The molecule has 192 valence electrons. The number of pyridine rings is 1. The number of amides is 2. The zero-order valence-electron chi connectivity index (χ0n) is 19.2. The Balaban J connectivity index is 1.59. The van der Waals surface area contributed by atoms with E-state index in [2.05, 4.69) is 15.6 Å². The van der Waals surface area contributed by atoms with Crippen LogP contribution in [0.25, 0.3) is 0 Å². The molecule has 0 radical (unpaired) electrons. The fourth-order valence-electron chi connectivity index (χ4n) is 3.04. The molecule has 12 heteroatoms. The summed E-state index contributed by atoms with van der Waals surface area (Å²) >= 11 is 5.71. The Morgan fingerprint density at radius 2 is 1.83 bits per heavy atom. The van der Waals surface area contributed by atoms with Crippen LogP contribution < -0.4 is 24.8 Å². The lowest BCUT2D eigenvalue weighted by Gasteiger charge is -2.15. The molecule has 0 bridgehead atoms. The first-order chi connectivity index (χ1) is 17.1. The number of nitrogens with zero attached hydrogens (tertiary/aromatic N) is 1. The van der Waals surface area contributed by atoms with E-state index in [0.717, 1.165) is 6.07 Å². The van der Waals surface area contributed by atoms with Gasteiger partial charge in [0.05, 0.1) is 17.8 Å². The number of urea groups is 1. The van der Waals surface area contributed by atoms with Crippen LogP contribution in [0.15, 0.2) is 48.7 Å². The molecule has 0 fully saturated rings. The summed E-state index contributed by atoms with van der Waals surface area (Å²) in [5.41, 5.74) is 1.86. The molecule has 2 amide bonds. The molecule has 2 aromatic carbocycles. The molecule has 1 heterocycles. The lowest BCUT2D eigenvalue weighted by Crippen LogP contribution is -2.28. The lowest BCUT2D eigenvalue weighted by molar-refractivity contribution is -0.153. The highest BCUT2D eigenvalue weighted by molar-refractivity contribution is 6.31. The molecule has 0 aliphatic carbocycles. The largest absolute Gasteiger partial charge is 0.493 e. The minimum Gasteiger partial charge on any atom is -0.493 e. The number of rotatable bonds is 9. The zero-order valence-corrected chi connectivity index (χ0v) is 20.0. The van der Waals surface area contributed by atoms with Gasteiger partial charge in [0.2, 0.25) is 0 Å². The van der Waals surface area contributed by atoms with Crippen LogP contribution in [0.3, 0.4) is 0 Å². The van der Waals surface area contributed by atoms with Crippen molar-refractivity contribution in [1.82, 2.24) is 10.3 Å². The zero-order chi connectivity index (χ0) is 26.3. The Labute approximate surface area is 209 Å². The molecular weight excluding hydrogens is 506 g/mol. The first-order valence-electron chi connectivity index (χ1n) is 10.5. The molecule has 7 nitrogen and oxygen atoms in total. The van der Waals surface area contributed by atoms with E-state index < -0.39 is 24.6 Å². The first-order valence-corrected chi connectivity index (χ1v) is 10.9. The summed E-state index contributed by atoms with van der Waals surface area (Å²) in [7, 11) is 1.44. The average molecular weight is 528 g/mol. The van der Waals surface area contributed by atoms with Gasteiger partial charge in [0.1, 0.15) is 18.2 Å². The highest BCUT2D eigenvalue weighted by atomic mass is 35.5. The summed E-state index contributed by atoms with van der Waals surface area (Å²) in [6, 6.07) is 9.64. The molecule has 3 rings (SSSR count). The van der Waals surface area contributed by atoms with Crippen molar-refractivity contribution >= 4 is 23.3 Å². The summed E-state index contributed by atoms with van der Waals surface area (Å²) in [6.07, 6.45) is -3.11. The number of methoxy groups -OCH3 is 1. The average Bonchev–Trinajstić information content (AvgIpc) is 2.83. The van der Waals surface area contributed by atoms with E-state index in [1.165, 1.54) is 31.5 Å². The number of halogens is 5. The molecule has 1 aromatic heterocycles. The van der Waals surface area contributed by atoms with E-state index in [1.54, 1.807) is 25.1 Å². The number of aromatic nitrogens is 1. The van der Waals surface area contributed by atoms with Gasteiger partial charge >= 0.3 is 12.2 Å². The van der Waals surface area contributed by atoms with Crippen LogP contribution in [0.2, 0.25) is 5.02 Å². The summed E-state index contributed by atoms with van der Waals surface area (Å²) < 4.78 is 66.6. The second kappa shape index (κ2) is 11.8. The molecule has 0 aliphatic rings. The molecule has 36 heavy (non-hydrogen) atoms. The number of hydrogen-bond acceptors (Lipinski definition) is 5. The summed E-state index contributed by atoms with van der Waals surface area (Å²) in [5, 5.41) is 5.10. The normalized spacial score (nSPS) is 11.1. The Bertz CT molecular complexity index is 1220. The van der Waals surface area contributed by atoms with Crippen LogP contribution in [-0.4, -0.2) is 30.9 Å². The van der Waals surface area contributed by atoms with Crippen molar-refractivity contribution in [3.63, 3.8) is 0 Å². The predicted octanol–water partition coefficient (Wildman–Crippen LogP) is 6.03. The predicted molar refractivity (Wildman–Crippen MR) is 125 cm³/mol. The van der Waals surface area contributed by atoms with Crippen molar-refractivity contribution in [2.75, 3.05) is 19.0 Å². The van der Waals surface area contributed by atoms with Crippen LogP contribution in [0.5, 0.6) is 17.2 Å². The van der Waals surface area contributed by atoms with Crippen LogP contribution in [0.4, 0.5) is 28.0 Å². The van der Waals surface area contributed by atoms with Crippen LogP contribution in [0.1, 0.15) is 16.8 Å². The summed E-state index contributed by atoms with van der Waals surface area (Å²) in [6.45, 7) is 0.299. The van der Waals surface area contributed by atoms with Crippen LogP contribution >= 0.6 is 11.6 Å². The van der Waals surface area contributed by atoms with Gasteiger partial charge in [-0.3, -0.25) is 4.98 Å². The van der Waals surface area contributed by atoms with Gasteiger partial charge in [-0.25, -0.2) is 9.18 Å². The number of carbonyl (C=O) groups excluding carboxylic acids is 1. The van der Waals surface area contributed by atoms with Gasteiger partial charge in [0.15, 0.2) is 18.1 Å². The summed E-state index contributed by atoms with van der Waals surface area (Å²) in [4.78, 5) is 16.3. The number of alkyl halides is 3. The Hall–Kier alpha value is -3.73. The molecule has 0 atom stereocenters. The minimum absolute atomic E-state index is 0.0361. The maximum Gasteiger partial charge on any atom is 0.422 e. The number of anilines is 1. The third-order valence-electron chi connectivity index (χ3n) is 4.87. The fraction of sp³-hybridized carbons (Fsp3) is 0.250. The molecule has 0 spiro atoms. The third-order valence-corrected chi connectivity index (χ3v) is 5.16. The van der Waals surface area contributed by atoms with Gasteiger partial charge in [-0.15, -0.1) is 0 Å². The molecular formula is C24H22ClF4N3O4. The van der Waals surface area contributed by atoms with Crippen molar-refractivity contribution < 1.29 is 36.6 Å². The standard InChI is InChI=1S/C24H22ClF4N3O4/c1-14-19(30-8-7-20(14)36-13-24(27,28)29)12-35-21-6-3-15(9-22(21)34-2)11-31-23(33)32-16-4-5-18(26)17(25)10-16/h3-10H,11-13H2,1-2H3,(H2,31,32,33). The van der Waals surface area contributed by atoms with Crippen molar-refractivity contribution in [1.29, 1.82) is 0 Å². The molecule has 0 saturated carbocycles. The van der Waals surface area contributed by atoms with Crippen molar-refractivity contribution in [2.24, 2.45) is 0 Å². The van der Waals surface area contributed by atoms with Gasteiger partial charge in [-0.2, -0.15) is 13.2 Å². The fourth-order valence-corrected chi connectivity index (χ4v) is 3.22. The second-order valence-corrected chi connectivity index (χ2v) is 7.90. The quantitative estimate of drug-likeness (QED) is 0.332. The smallest absolute Gasteiger partial charge is 0.422 e. The SMILES string of the molecule is COc1cc(CNC(=O)Nc2ccc(F)c(Cl)c2)ccc1OCc1nccc(OCC(F)(F)F)c1C. The van der Waals surface area contributed by atoms with Gasteiger partial charge in [-0.1, -0.05) is 17.7 Å². The second-order valence-electron chi connectivity index (χ2n) is 7.50. The summed E-state index contributed by atoms with van der Waals surface area (Å²) in [5.74, 6) is 0.220. The molecule has 3 aromatic rings. The number of ether oxygens (including phenoxy) is 3. The van der Waals surface area contributed by atoms with Crippen LogP contribution in [0, 0.1) is 12.7 Å². The van der Waals surface area contributed by atoms with E-state index in [4.69, 9.17) is 25.8 Å². The van der Waals surface area contributed by atoms with Crippen molar-refractivity contribution in [3.05, 3.63) is 76.3 Å². The van der Waals surface area contributed by atoms with Gasteiger partial charge in [0, 0.05) is 24.0 Å². The monoisotopic (exact) mass is 527 g/mol. The Kier molecular flexibility index (Phi) is 8.81. The minimum atomic E-state index is -4.45. The van der Waals surface area contributed by atoms with Crippen LogP contribution in [-0.2, 0) is 13.2 Å². The van der Waals surface area contributed by atoms with Gasteiger partial charge in [-0.05, 0) is 48.9 Å². The van der Waals surface area contributed by atoms with E-state index >= 15 is 0 Å². The maximum absolute atomic E-state index is 13.2. The van der Waals surface area contributed by atoms with Gasteiger partial charge < -0.3 is 24.8 Å². The lowest BCUT2D eigenvalue weighted by atomic mass is 10.2. The maximum atomic E-state index is 13.2. The van der Waals surface area contributed by atoms with Crippen molar-refractivity contribution in [3.8, 4) is 17.2 Å². The highest BCUT2D eigenvalue weighted by Crippen LogP contribution is 2.30. The number of benzene rings is 2. The molecule has 0 unspecified atom stereocenters. The molecule has 2 N–H and O–H groups in total. The van der Waals surface area contributed by atoms with Crippen molar-refractivity contribution in [2.45, 2.75) is 26.3 Å². The molecule has 0 aliphatic heterocycles. The molecule has 0 saturated heterocycles. The third kappa shape index (κ3) is 7.64. The number of carbonyl (C=O) groups is 1. The number of hydrogen-bond donors (Lipinski definition) is 2. The number of nitrogens with one attached hydrogen (secondary N) is 2. The Morgan fingerprint density at radius 3 is 2.53 bits per heavy atom. The van der Waals surface area contributed by atoms with Gasteiger partial charge in [0.25, 0.3) is 0 Å². The van der Waals surface area contributed by atoms with E-state index in [-0.39, 0.29) is 23.9 Å². The highest BCUT2D eigenvalue weighted by Gasteiger charge is 2.28.